The predicted molar refractivity (Wildman–Crippen MR) is 93.3 cm³/mol. The van der Waals surface area contributed by atoms with E-state index in [1.165, 1.54) is 6.34 Å². The highest BCUT2D eigenvalue weighted by Crippen LogP contribution is 2.28. The van der Waals surface area contributed by atoms with Crippen molar-refractivity contribution in [2.24, 2.45) is 18.0 Å². The molecule has 3 aromatic rings. The number of nitrogens with two attached hydrogens (primary N) is 1. The van der Waals surface area contributed by atoms with E-state index in [0.29, 0.717) is 12.2 Å². The Hall–Kier alpha value is -3.46. The summed E-state index contributed by atoms with van der Waals surface area (Å²) in [4.78, 5) is 11.3. The summed E-state index contributed by atoms with van der Waals surface area (Å²) in [5, 5.41) is 14.9. The molecule has 0 amide bonds. The highest BCUT2D eigenvalue weighted by Gasteiger charge is 2.29. The van der Waals surface area contributed by atoms with Gasteiger partial charge in [0.2, 0.25) is 5.69 Å². The molecule has 0 saturated carbocycles. The minimum Gasteiger partial charge on any atom is -0.358 e. The molecule has 128 valence electrons. The average molecular weight is 340 g/mol. The van der Waals surface area contributed by atoms with E-state index in [0.717, 1.165) is 16.8 Å². The average Bonchev–Trinajstić information content (AvgIpc) is 2.93. The van der Waals surface area contributed by atoms with Crippen LogP contribution in [0.4, 0.5) is 5.82 Å². The van der Waals surface area contributed by atoms with Crippen LogP contribution in [0.1, 0.15) is 5.56 Å². The number of rotatable bonds is 6. The summed E-state index contributed by atoms with van der Waals surface area (Å²) in [7, 11) is 1.82. The fraction of sp³-hybridized carbons (Fsp3) is 0.125. The first-order chi connectivity index (χ1) is 12.1. The van der Waals surface area contributed by atoms with Crippen LogP contribution in [0.5, 0.6) is 0 Å². The number of nitro groups is 1. The van der Waals surface area contributed by atoms with Crippen molar-refractivity contribution < 1.29 is 9.49 Å². The molecule has 0 aliphatic rings. The topological polar surface area (TPSA) is 114 Å². The lowest BCUT2D eigenvalue weighted by Gasteiger charge is -2.05. The van der Waals surface area contributed by atoms with Gasteiger partial charge < -0.3 is 21.4 Å². The van der Waals surface area contributed by atoms with Gasteiger partial charge in [0, 0.05) is 18.2 Å². The number of aryl methyl sites for hydroxylation is 1. The van der Waals surface area contributed by atoms with Crippen LogP contribution in [0.2, 0.25) is 0 Å². The van der Waals surface area contributed by atoms with Crippen molar-refractivity contribution in [2.45, 2.75) is 6.54 Å². The van der Waals surface area contributed by atoms with Crippen molar-refractivity contribution in [1.29, 1.82) is 0 Å². The minimum atomic E-state index is -0.353. The quantitative estimate of drug-likeness (QED) is 0.117. The number of fused-ring (bicyclic) bond motifs is 1. The molecule has 9 heteroatoms. The summed E-state index contributed by atoms with van der Waals surface area (Å²) < 4.78 is 3.41. The van der Waals surface area contributed by atoms with Crippen LogP contribution in [0.3, 0.4) is 0 Å². The number of hydrazone groups is 1. The summed E-state index contributed by atoms with van der Waals surface area (Å²) in [5.74, 6) is 5.03. The maximum atomic E-state index is 11.6. The molecule has 0 spiro atoms. The van der Waals surface area contributed by atoms with Crippen molar-refractivity contribution in [1.82, 2.24) is 15.3 Å². The predicted octanol–water partition coefficient (Wildman–Crippen LogP) is 0.835. The minimum absolute atomic E-state index is 0.0461. The highest BCUT2D eigenvalue weighted by atomic mass is 16.6. The molecule has 4 N–H and O–H groups in total. The number of hydrogen-bond acceptors (Lipinski definition) is 5. The maximum Gasteiger partial charge on any atom is 0.378 e. The Kier molecular flexibility index (Phi) is 4.57. The molecule has 9 nitrogen and oxygen atoms in total. The molecule has 0 radical (unpaired) electrons. The van der Waals surface area contributed by atoms with Crippen molar-refractivity contribution in [2.75, 3.05) is 0 Å². The summed E-state index contributed by atoms with van der Waals surface area (Å²) in [5.41, 5.74) is 8.74. The zero-order chi connectivity index (χ0) is 17.8. The largest absolute Gasteiger partial charge is 0.378 e. The molecule has 0 bridgehead atoms. The first-order valence-corrected chi connectivity index (χ1v) is 7.56. The van der Waals surface area contributed by atoms with E-state index in [1.807, 2.05) is 48.0 Å². The molecule has 25 heavy (non-hydrogen) atoms. The normalized spacial score (nSPS) is 11.2. The van der Waals surface area contributed by atoms with Crippen LogP contribution in [0, 0.1) is 10.1 Å². The summed E-state index contributed by atoms with van der Waals surface area (Å²) in [6.45, 7) is 0.554. The van der Waals surface area contributed by atoms with Gasteiger partial charge in [-0.25, -0.2) is 9.99 Å². The zero-order valence-electron chi connectivity index (χ0n) is 13.6. The van der Waals surface area contributed by atoms with E-state index < -0.39 is 0 Å². The van der Waals surface area contributed by atoms with E-state index in [1.54, 1.807) is 16.7 Å². The van der Waals surface area contributed by atoms with E-state index in [2.05, 4.69) is 16.0 Å². The van der Waals surface area contributed by atoms with Gasteiger partial charge in [0.05, 0.1) is 7.05 Å². The van der Waals surface area contributed by atoms with E-state index in [-0.39, 0.29) is 10.7 Å². The first kappa shape index (κ1) is 16.4. The lowest BCUT2D eigenvalue weighted by atomic mass is 10.1. The van der Waals surface area contributed by atoms with Gasteiger partial charge in [-0.05, 0) is 16.6 Å². The maximum absolute atomic E-state index is 11.6. The Balaban J connectivity index is 1.98. The fourth-order valence-electron chi connectivity index (χ4n) is 2.78. The number of nitrogens with one attached hydrogen (secondary N) is 2. The molecule has 0 saturated heterocycles. The van der Waals surface area contributed by atoms with Gasteiger partial charge in [-0.3, -0.25) is 0 Å². The van der Waals surface area contributed by atoms with Gasteiger partial charge in [-0.2, -0.15) is 9.50 Å². The third-order valence-electron chi connectivity index (χ3n) is 3.89. The third kappa shape index (κ3) is 3.12. The molecular formula is C16H18N7O2+. The standard InChI is InChI=1S/C16H18N7O2/c1-21-14-4-2-3-9-22(14)16(23(24)25)15(21)13-7-5-12(6-8-13)10-19-20-11-18-17/h2-9,11,19H,10,17H2,1H3,(H,18,20)/q+1. The Morgan fingerprint density at radius 3 is 2.76 bits per heavy atom. The molecule has 2 aromatic heterocycles. The number of imidazole rings is 1. The Morgan fingerprint density at radius 2 is 2.08 bits per heavy atom. The molecular weight excluding hydrogens is 322 g/mol. The van der Waals surface area contributed by atoms with Gasteiger partial charge in [0.1, 0.15) is 12.5 Å². The zero-order valence-corrected chi connectivity index (χ0v) is 13.6. The molecule has 0 atom stereocenters. The van der Waals surface area contributed by atoms with Crippen LogP contribution in [-0.2, 0) is 13.6 Å². The van der Waals surface area contributed by atoms with Gasteiger partial charge in [-0.1, -0.05) is 30.3 Å². The fourth-order valence-corrected chi connectivity index (χ4v) is 2.78. The number of hydrogen-bond donors (Lipinski definition) is 3. The van der Waals surface area contributed by atoms with Crippen LogP contribution >= 0.6 is 0 Å². The van der Waals surface area contributed by atoms with Gasteiger partial charge in [0.15, 0.2) is 0 Å². The number of pyridine rings is 1. The number of aromatic nitrogens is 2. The van der Waals surface area contributed by atoms with Crippen LogP contribution in [0.15, 0.2) is 53.8 Å². The van der Waals surface area contributed by atoms with Crippen LogP contribution < -0.4 is 21.3 Å². The van der Waals surface area contributed by atoms with Crippen LogP contribution in [-0.4, -0.2) is 15.7 Å². The lowest BCUT2D eigenvalue weighted by molar-refractivity contribution is -0.634. The third-order valence-corrected chi connectivity index (χ3v) is 3.89. The van der Waals surface area contributed by atoms with Crippen molar-refractivity contribution in [3.05, 3.63) is 64.3 Å². The molecule has 0 fully saturated rings. The van der Waals surface area contributed by atoms with Crippen molar-refractivity contribution in [3.63, 3.8) is 0 Å². The Labute approximate surface area is 143 Å². The number of nitrogens with zero attached hydrogens (tertiary/aromatic N) is 4. The second-order valence-electron chi connectivity index (χ2n) is 5.39. The first-order valence-electron chi connectivity index (χ1n) is 7.56. The molecule has 2 heterocycles. The SMILES string of the molecule is C[n+]1c(-c2ccc(CNNC=NN)cc2)c([N+](=O)[O-])n2ccccc21. The van der Waals surface area contributed by atoms with Gasteiger partial charge >= 0.3 is 5.82 Å². The molecule has 3 rings (SSSR count). The summed E-state index contributed by atoms with van der Waals surface area (Å²) >= 11 is 0. The van der Waals surface area contributed by atoms with Crippen molar-refractivity contribution >= 4 is 17.8 Å². The molecule has 1 aromatic carbocycles. The second-order valence-corrected chi connectivity index (χ2v) is 5.39. The van der Waals surface area contributed by atoms with Crippen LogP contribution in [0.25, 0.3) is 16.9 Å². The Bertz CT molecular complexity index is 932. The molecule has 0 aliphatic heterocycles. The molecule has 0 aliphatic carbocycles. The lowest BCUT2D eigenvalue weighted by Crippen LogP contribution is -2.30. The van der Waals surface area contributed by atoms with Crippen molar-refractivity contribution in [3.8, 4) is 11.3 Å². The number of benzene rings is 1. The molecule has 0 unspecified atom stereocenters. The monoisotopic (exact) mass is 340 g/mol. The van der Waals surface area contributed by atoms with E-state index in [9.17, 15) is 10.1 Å². The van der Waals surface area contributed by atoms with E-state index >= 15 is 0 Å². The highest BCUT2D eigenvalue weighted by molar-refractivity contribution is 5.68. The van der Waals surface area contributed by atoms with E-state index in [4.69, 9.17) is 5.84 Å². The Morgan fingerprint density at radius 1 is 1.32 bits per heavy atom. The summed E-state index contributed by atoms with van der Waals surface area (Å²) in [6.07, 6.45) is 3.03. The van der Waals surface area contributed by atoms with Gasteiger partial charge in [-0.15, -0.1) is 0 Å². The number of hydrazine groups is 1. The van der Waals surface area contributed by atoms with Gasteiger partial charge in [0.25, 0.3) is 5.65 Å². The second kappa shape index (κ2) is 6.97. The smallest absolute Gasteiger partial charge is 0.358 e. The summed E-state index contributed by atoms with van der Waals surface area (Å²) in [6, 6.07) is 13.0.